The molecule has 2 N–H and O–H groups in total. The SMILES string of the molecule is COC[C@H](NC(=O)OCC1c2ccccc2-c2ccccc21)C(=O)N[C@@H](C)C(=O)OC. The highest BCUT2D eigenvalue weighted by atomic mass is 16.5. The van der Waals surface area contributed by atoms with E-state index in [9.17, 15) is 14.4 Å². The molecule has 3 rings (SSSR count). The number of carbonyl (C=O) groups is 3. The zero-order valence-electron chi connectivity index (χ0n) is 17.7. The molecule has 0 heterocycles. The Balaban J connectivity index is 1.63. The Morgan fingerprint density at radius 1 is 0.935 bits per heavy atom. The zero-order chi connectivity index (χ0) is 22.4. The minimum Gasteiger partial charge on any atom is -0.467 e. The molecule has 2 amide bonds. The summed E-state index contributed by atoms with van der Waals surface area (Å²) >= 11 is 0. The van der Waals surface area contributed by atoms with Gasteiger partial charge in [-0.25, -0.2) is 9.59 Å². The van der Waals surface area contributed by atoms with Crippen LogP contribution in [0.2, 0.25) is 0 Å². The number of methoxy groups -OCH3 is 2. The van der Waals surface area contributed by atoms with Gasteiger partial charge in [0.1, 0.15) is 18.7 Å². The second-order valence-corrected chi connectivity index (χ2v) is 7.23. The van der Waals surface area contributed by atoms with Crippen molar-refractivity contribution in [1.29, 1.82) is 0 Å². The van der Waals surface area contributed by atoms with Gasteiger partial charge in [0.25, 0.3) is 0 Å². The third kappa shape index (κ3) is 5.03. The lowest BCUT2D eigenvalue weighted by molar-refractivity contribution is -0.144. The monoisotopic (exact) mass is 426 g/mol. The number of benzene rings is 2. The maximum absolute atomic E-state index is 12.4. The van der Waals surface area contributed by atoms with E-state index in [1.54, 1.807) is 0 Å². The fourth-order valence-electron chi connectivity index (χ4n) is 3.68. The number of amides is 2. The van der Waals surface area contributed by atoms with Crippen molar-refractivity contribution in [2.45, 2.75) is 24.9 Å². The second-order valence-electron chi connectivity index (χ2n) is 7.23. The van der Waals surface area contributed by atoms with Crippen LogP contribution in [0.1, 0.15) is 24.0 Å². The highest BCUT2D eigenvalue weighted by Gasteiger charge is 2.30. The molecular formula is C23H26N2O6. The van der Waals surface area contributed by atoms with Gasteiger partial charge in [-0.3, -0.25) is 4.79 Å². The van der Waals surface area contributed by atoms with Gasteiger partial charge in [-0.2, -0.15) is 0 Å². The molecule has 1 aliphatic rings. The maximum Gasteiger partial charge on any atom is 0.407 e. The summed E-state index contributed by atoms with van der Waals surface area (Å²) in [4.78, 5) is 36.4. The van der Waals surface area contributed by atoms with Gasteiger partial charge in [-0.1, -0.05) is 48.5 Å². The Bertz CT molecular complexity index is 915. The fraction of sp³-hybridized carbons (Fsp3) is 0.348. The lowest BCUT2D eigenvalue weighted by atomic mass is 9.98. The first-order chi connectivity index (χ1) is 15.0. The summed E-state index contributed by atoms with van der Waals surface area (Å²) in [5, 5.41) is 4.98. The molecule has 0 aliphatic heterocycles. The molecule has 0 fully saturated rings. The van der Waals surface area contributed by atoms with E-state index in [4.69, 9.17) is 9.47 Å². The van der Waals surface area contributed by atoms with E-state index in [1.165, 1.54) is 21.1 Å². The maximum atomic E-state index is 12.4. The van der Waals surface area contributed by atoms with E-state index in [0.717, 1.165) is 22.3 Å². The zero-order valence-corrected chi connectivity index (χ0v) is 17.7. The summed E-state index contributed by atoms with van der Waals surface area (Å²) in [6.07, 6.45) is -0.746. The van der Waals surface area contributed by atoms with Crippen molar-refractivity contribution in [1.82, 2.24) is 10.6 Å². The van der Waals surface area contributed by atoms with Crippen molar-refractivity contribution >= 4 is 18.0 Å². The minimum absolute atomic E-state index is 0.0794. The van der Waals surface area contributed by atoms with Crippen LogP contribution in [0.25, 0.3) is 11.1 Å². The van der Waals surface area contributed by atoms with E-state index in [0.29, 0.717) is 0 Å². The van der Waals surface area contributed by atoms with Crippen molar-refractivity contribution in [2.24, 2.45) is 0 Å². The number of nitrogens with one attached hydrogen (secondary N) is 2. The molecule has 31 heavy (non-hydrogen) atoms. The van der Waals surface area contributed by atoms with Crippen molar-refractivity contribution in [3.05, 3.63) is 59.7 Å². The van der Waals surface area contributed by atoms with Crippen LogP contribution in [0.4, 0.5) is 4.79 Å². The van der Waals surface area contributed by atoms with Crippen molar-refractivity contribution in [3.63, 3.8) is 0 Å². The summed E-state index contributed by atoms with van der Waals surface area (Å²) in [5.74, 6) is -1.26. The number of fused-ring (bicyclic) bond motifs is 3. The van der Waals surface area contributed by atoms with Gasteiger partial charge in [0.2, 0.25) is 5.91 Å². The molecule has 0 saturated heterocycles. The normalized spacial score (nSPS) is 14.0. The van der Waals surface area contributed by atoms with Gasteiger partial charge in [-0.05, 0) is 29.2 Å². The predicted molar refractivity (Wildman–Crippen MR) is 113 cm³/mol. The first kappa shape index (κ1) is 22.3. The number of hydrogen-bond acceptors (Lipinski definition) is 6. The first-order valence-corrected chi connectivity index (χ1v) is 9.95. The summed E-state index contributed by atoms with van der Waals surface area (Å²) in [5.41, 5.74) is 4.44. The van der Waals surface area contributed by atoms with Crippen LogP contribution in [-0.4, -0.2) is 57.5 Å². The largest absolute Gasteiger partial charge is 0.467 e. The minimum atomic E-state index is -1.02. The smallest absolute Gasteiger partial charge is 0.407 e. The molecule has 164 valence electrons. The number of esters is 1. The van der Waals surface area contributed by atoms with E-state index < -0.39 is 30.1 Å². The Morgan fingerprint density at radius 2 is 1.52 bits per heavy atom. The van der Waals surface area contributed by atoms with Crippen LogP contribution in [0, 0.1) is 0 Å². The summed E-state index contributed by atoms with van der Waals surface area (Å²) in [6, 6.07) is 14.1. The molecule has 0 saturated carbocycles. The number of alkyl carbamates (subject to hydrolysis) is 1. The number of ether oxygens (including phenoxy) is 3. The summed E-state index contributed by atoms with van der Waals surface area (Å²) < 4.78 is 15.1. The van der Waals surface area contributed by atoms with Crippen LogP contribution in [0.3, 0.4) is 0 Å². The molecule has 0 radical (unpaired) electrons. The first-order valence-electron chi connectivity index (χ1n) is 9.95. The average Bonchev–Trinajstić information content (AvgIpc) is 3.10. The van der Waals surface area contributed by atoms with Crippen LogP contribution in [0.5, 0.6) is 0 Å². The van der Waals surface area contributed by atoms with Gasteiger partial charge in [-0.15, -0.1) is 0 Å². The quantitative estimate of drug-likeness (QED) is 0.628. The molecular weight excluding hydrogens is 400 g/mol. The second kappa shape index (κ2) is 10.1. The van der Waals surface area contributed by atoms with E-state index in [1.807, 2.05) is 36.4 Å². The lowest BCUT2D eigenvalue weighted by Crippen LogP contribution is -2.53. The van der Waals surface area contributed by atoms with Crippen LogP contribution in [0.15, 0.2) is 48.5 Å². The molecule has 1 aliphatic carbocycles. The average molecular weight is 426 g/mol. The molecule has 2 aromatic carbocycles. The van der Waals surface area contributed by atoms with Crippen LogP contribution < -0.4 is 10.6 Å². The van der Waals surface area contributed by atoms with Crippen molar-refractivity contribution < 1.29 is 28.6 Å². The number of hydrogen-bond donors (Lipinski definition) is 2. The van der Waals surface area contributed by atoms with Crippen LogP contribution >= 0.6 is 0 Å². The van der Waals surface area contributed by atoms with Gasteiger partial charge >= 0.3 is 12.1 Å². The molecule has 2 aromatic rings. The van der Waals surface area contributed by atoms with E-state index in [2.05, 4.69) is 27.5 Å². The number of rotatable bonds is 8. The fourth-order valence-corrected chi connectivity index (χ4v) is 3.68. The highest BCUT2D eigenvalue weighted by molar-refractivity contribution is 5.89. The van der Waals surface area contributed by atoms with Gasteiger partial charge in [0, 0.05) is 13.0 Å². The van der Waals surface area contributed by atoms with Crippen LogP contribution in [-0.2, 0) is 23.8 Å². The summed E-state index contributed by atoms with van der Waals surface area (Å²) in [7, 11) is 2.63. The standard InChI is InChI=1S/C23H26N2O6/c1-14(22(27)30-3)24-21(26)20(13-29-2)25-23(28)31-12-19-17-10-6-4-8-15(17)16-9-5-7-11-18(16)19/h4-11,14,19-20H,12-13H2,1-3H3,(H,24,26)(H,25,28)/t14-,20-/m0/s1. The highest BCUT2D eigenvalue weighted by Crippen LogP contribution is 2.44. The predicted octanol–water partition coefficient (Wildman–Crippen LogP) is 2.22. The molecule has 0 spiro atoms. The lowest BCUT2D eigenvalue weighted by Gasteiger charge is -2.20. The van der Waals surface area contributed by atoms with Crippen molar-refractivity contribution in [3.8, 4) is 11.1 Å². The van der Waals surface area contributed by atoms with Gasteiger partial charge in [0.05, 0.1) is 13.7 Å². The third-order valence-corrected chi connectivity index (χ3v) is 5.20. The molecule has 8 heteroatoms. The molecule has 0 aromatic heterocycles. The molecule has 0 unspecified atom stereocenters. The van der Waals surface area contributed by atoms with Crippen molar-refractivity contribution in [2.75, 3.05) is 27.4 Å². The summed E-state index contributed by atoms with van der Waals surface area (Å²) in [6.45, 7) is 1.53. The topological polar surface area (TPSA) is 103 Å². The Labute approximate surface area is 180 Å². The Morgan fingerprint density at radius 3 is 2.06 bits per heavy atom. The molecule has 2 atom stereocenters. The Kier molecular flexibility index (Phi) is 7.25. The molecule has 0 bridgehead atoms. The van der Waals surface area contributed by atoms with Gasteiger partial charge < -0.3 is 24.8 Å². The van der Waals surface area contributed by atoms with E-state index in [-0.39, 0.29) is 19.1 Å². The Hall–Kier alpha value is -3.39. The molecule has 8 nitrogen and oxygen atoms in total. The third-order valence-electron chi connectivity index (χ3n) is 5.20. The van der Waals surface area contributed by atoms with Gasteiger partial charge in [0.15, 0.2) is 0 Å². The van der Waals surface area contributed by atoms with E-state index >= 15 is 0 Å². The number of carbonyl (C=O) groups excluding carboxylic acids is 3.